The quantitative estimate of drug-likeness (QED) is 0.717. The van der Waals surface area contributed by atoms with Gasteiger partial charge in [-0.1, -0.05) is 58.4 Å². The van der Waals surface area contributed by atoms with Crippen molar-refractivity contribution in [3.63, 3.8) is 0 Å². The molecule has 0 radical (unpaired) electrons. The molecule has 0 bridgehead atoms. The molecule has 4 heteroatoms. The monoisotopic (exact) mass is 408 g/mol. The van der Waals surface area contributed by atoms with Gasteiger partial charge in [0, 0.05) is 30.0 Å². The Morgan fingerprint density at radius 3 is 1.86 bits per heavy atom. The molecule has 2 aromatic rings. The molecule has 2 nitrogen and oxygen atoms in total. The molecule has 1 aliphatic heterocycles. The first-order valence-electron chi connectivity index (χ1n) is 6.74. The van der Waals surface area contributed by atoms with E-state index >= 15 is 0 Å². The van der Waals surface area contributed by atoms with Crippen LogP contribution in [0.25, 0.3) is 0 Å². The van der Waals surface area contributed by atoms with Gasteiger partial charge in [0.15, 0.2) is 0 Å². The topological polar surface area (TPSA) is 6.48 Å². The number of rotatable bonds is 4. The summed E-state index contributed by atoms with van der Waals surface area (Å²) in [5.74, 6) is 0. The van der Waals surface area contributed by atoms with Crippen LogP contribution in [-0.2, 0) is 13.1 Å². The third-order valence-corrected chi connectivity index (χ3v) is 3.91. The summed E-state index contributed by atoms with van der Waals surface area (Å²) in [7, 11) is 0. The van der Waals surface area contributed by atoms with E-state index in [1.165, 1.54) is 11.1 Å². The molecule has 0 N–H and O–H groups in total. The van der Waals surface area contributed by atoms with Crippen LogP contribution in [0.5, 0.6) is 0 Å². The van der Waals surface area contributed by atoms with Gasteiger partial charge in [0.05, 0.1) is 6.67 Å². The van der Waals surface area contributed by atoms with Gasteiger partial charge in [0.2, 0.25) is 0 Å². The highest BCUT2D eigenvalue weighted by Gasteiger charge is 2.12. The minimum Gasteiger partial charge on any atom is -0.354 e. The molecule has 110 valence electrons. The Bertz CT molecular complexity index is 581. The summed E-state index contributed by atoms with van der Waals surface area (Å²) in [6, 6.07) is 19.1. The van der Waals surface area contributed by atoms with Crippen LogP contribution in [-0.4, -0.2) is 16.5 Å². The van der Waals surface area contributed by atoms with Crippen molar-refractivity contribution in [1.82, 2.24) is 9.80 Å². The van der Waals surface area contributed by atoms with E-state index < -0.39 is 0 Å². The van der Waals surface area contributed by atoms with E-state index in [2.05, 4.69) is 92.7 Å². The Morgan fingerprint density at radius 2 is 1.29 bits per heavy atom. The molecule has 0 aromatic heterocycles. The van der Waals surface area contributed by atoms with Crippen LogP contribution in [0.3, 0.4) is 0 Å². The lowest BCUT2D eigenvalue weighted by Crippen LogP contribution is -2.24. The molecule has 0 saturated heterocycles. The Morgan fingerprint density at radius 1 is 0.762 bits per heavy atom. The molecular formula is C17H18Br2N2. The first-order chi connectivity index (χ1) is 9.79. The van der Waals surface area contributed by atoms with Crippen molar-refractivity contribution in [2.45, 2.75) is 13.1 Å². The second kappa shape index (κ2) is 7.66. The number of hydrogen-bond acceptors (Lipinski definition) is 2. The van der Waals surface area contributed by atoms with Gasteiger partial charge in [0.1, 0.15) is 0 Å². The molecule has 0 amide bonds. The normalized spacial score (nSPS) is 13.4. The molecule has 1 heterocycles. The van der Waals surface area contributed by atoms with Crippen molar-refractivity contribution in [1.29, 1.82) is 0 Å². The van der Waals surface area contributed by atoms with Crippen molar-refractivity contribution < 1.29 is 0 Å². The van der Waals surface area contributed by atoms with E-state index in [1.54, 1.807) is 0 Å². The Labute approximate surface area is 145 Å². The van der Waals surface area contributed by atoms with E-state index in [4.69, 9.17) is 0 Å². The molecule has 2 aromatic carbocycles. The van der Waals surface area contributed by atoms with Crippen LogP contribution in [0.1, 0.15) is 11.1 Å². The average Bonchev–Trinajstić information content (AvgIpc) is 2.90. The highest BCUT2D eigenvalue weighted by molar-refractivity contribution is 9.10. The van der Waals surface area contributed by atoms with Gasteiger partial charge in [-0.15, -0.1) is 17.0 Å². The zero-order valence-corrected chi connectivity index (χ0v) is 15.0. The molecule has 0 atom stereocenters. The smallest absolute Gasteiger partial charge is 0.0900 e. The van der Waals surface area contributed by atoms with Crippen molar-refractivity contribution in [3.8, 4) is 0 Å². The summed E-state index contributed by atoms with van der Waals surface area (Å²) in [6.07, 6.45) is 4.34. The lowest BCUT2D eigenvalue weighted by atomic mass is 10.2. The number of benzene rings is 2. The maximum absolute atomic E-state index is 3.47. The van der Waals surface area contributed by atoms with E-state index in [0.717, 1.165) is 24.2 Å². The third-order valence-electron chi connectivity index (χ3n) is 3.38. The summed E-state index contributed by atoms with van der Waals surface area (Å²) in [5, 5.41) is 0. The van der Waals surface area contributed by atoms with Crippen LogP contribution in [0.15, 0.2) is 71.5 Å². The Kier molecular flexibility index (Phi) is 5.88. The second-order valence-electron chi connectivity index (χ2n) is 5.05. The first kappa shape index (κ1) is 16.1. The lowest BCUT2D eigenvalue weighted by Gasteiger charge is -2.21. The number of hydrogen-bond donors (Lipinski definition) is 0. The molecule has 0 saturated carbocycles. The third kappa shape index (κ3) is 4.61. The Hall–Kier alpha value is -1.26. The Balaban J connectivity index is 0.00000161. The second-order valence-corrected chi connectivity index (χ2v) is 5.96. The standard InChI is InChI=1S/C17H17BrN2.BrH/c18-17-8-6-16(7-9-17)13-20-11-10-19(14-20)12-15-4-2-1-3-5-15;/h1-11H,12-14H2;1H. The van der Waals surface area contributed by atoms with Crippen molar-refractivity contribution in [2.75, 3.05) is 6.67 Å². The van der Waals surface area contributed by atoms with Crippen LogP contribution in [0.2, 0.25) is 0 Å². The fraction of sp³-hybridized carbons (Fsp3) is 0.176. The van der Waals surface area contributed by atoms with Crippen LogP contribution in [0, 0.1) is 0 Å². The summed E-state index contributed by atoms with van der Waals surface area (Å²) in [6.45, 7) is 2.87. The maximum Gasteiger partial charge on any atom is 0.0900 e. The first-order valence-corrected chi connectivity index (χ1v) is 7.54. The summed E-state index contributed by atoms with van der Waals surface area (Å²) in [5.41, 5.74) is 2.68. The van der Waals surface area contributed by atoms with Crippen molar-refractivity contribution in [2.24, 2.45) is 0 Å². The minimum absolute atomic E-state index is 0. The highest BCUT2D eigenvalue weighted by atomic mass is 79.9. The summed E-state index contributed by atoms with van der Waals surface area (Å²) < 4.78 is 1.13. The maximum atomic E-state index is 3.47. The molecule has 0 spiro atoms. The SMILES string of the molecule is Br.Brc1ccc(CN2C=CN(Cc3ccccc3)C2)cc1. The molecule has 0 fully saturated rings. The predicted molar refractivity (Wildman–Crippen MR) is 96.0 cm³/mol. The number of halogens is 2. The van der Waals surface area contributed by atoms with E-state index in [-0.39, 0.29) is 17.0 Å². The average molecular weight is 410 g/mol. The zero-order chi connectivity index (χ0) is 13.8. The molecular weight excluding hydrogens is 392 g/mol. The molecule has 0 unspecified atom stereocenters. The van der Waals surface area contributed by atoms with Gasteiger partial charge >= 0.3 is 0 Å². The van der Waals surface area contributed by atoms with E-state index in [0.29, 0.717) is 0 Å². The molecule has 3 rings (SSSR count). The van der Waals surface area contributed by atoms with Gasteiger partial charge in [-0.25, -0.2) is 0 Å². The molecule has 1 aliphatic rings. The minimum atomic E-state index is 0. The van der Waals surface area contributed by atoms with Crippen LogP contribution < -0.4 is 0 Å². The summed E-state index contributed by atoms with van der Waals surface area (Å²) in [4.78, 5) is 4.65. The predicted octanol–water partition coefficient (Wildman–Crippen LogP) is 4.77. The van der Waals surface area contributed by atoms with Gasteiger partial charge in [-0.2, -0.15) is 0 Å². The van der Waals surface area contributed by atoms with Gasteiger partial charge in [-0.3, -0.25) is 0 Å². The molecule has 21 heavy (non-hydrogen) atoms. The van der Waals surface area contributed by atoms with E-state index in [1.807, 2.05) is 0 Å². The fourth-order valence-corrected chi connectivity index (χ4v) is 2.63. The lowest BCUT2D eigenvalue weighted by molar-refractivity contribution is 0.255. The highest BCUT2D eigenvalue weighted by Crippen LogP contribution is 2.16. The van der Waals surface area contributed by atoms with Gasteiger partial charge in [0.25, 0.3) is 0 Å². The number of nitrogens with zero attached hydrogens (tertiary/aromatic N) is 2. The van der Waals surface area contributed by atoms with E-state index in [9.17, 15) is 0 Å². The molecule has 0 aliphatic carbocycles. The van der Waals surface area contributed by atoms with Crippen LogP contribution in [0.4, 0.5) is 0 Å². The van der Waals surface area contributed by atoms with Crippen LogP contribution >= 0.6 is 32.9 Å². The zero-order valence-electron chi connectivity index (χ0n) is 11.7. The van der Waals surface area contributed by atoms with Gasteiger partial charge < -0.3 is 9.80 Å². The summed E-state index contributed by atoms with van der Waals surface area (Å²) >= 11 is 3.47. The largest absolute Gasteiger partial charge is 0.354 e. The van der Waals surface area contributed by atoms with Gasteiger partial charge in [-0.05, 0) is 23.3 Å². The fourth-order valence-electron chi connectivity index (χ4n) is 2.36. The van der Waals surface area contributed by atoms with Crippen molar-refractivity contribution in [3.05, 3.63) is 82.6 Å². The van der Waals surface area contributed by atoms with Crippen molar-refractivity contribution >= 4 is 32.9 Å².